The van der Waals surface area contributed by atoms with Crippen molar-refractivity contribution in [3.8, 4) is 0 Å². The molecule has 108 valence electrons. The quantitative estimate of drug-likeness (QED) is 0.878. The summed E-state index contributed by atoms with van der Waals surface area (Å²) >= 11 is 5.90. The summed E-state index contributed by atoms with van der Waals surface area (Å²) in [6, 6.07) is 4.28. The average Bonchev–Trinajstić information content (AvgIpc) is 2.32. The van der Waals surface area contributed by atoms with Gasteiger partial charge in [-0.25, -0.2) is 12.8 Å². The molecule has 1 rings (SSSR count). The maximum Gasteiger partial charge on any atom is 0.151 e. The molecule has 1 aromatic rings. The van der Waals surface area contributed by atoms with E-state index in [4.69, 9.17) is 11.6 Å². The molecular weight excluding hydrogens is 289 g/mol. The molecule has 0 spiro atoms. The van der Waals surface area contributed by atoms with Crippen molar-refractivity contribution in [2.45, 2.75) is 31.6 Å². The molecule has 2 atom stereocenters. The molecule has 1 N–H and O–H groups in total. The molecular formula is C13H19ClFNO2S. The van der Waals surface area contributed by atoms with Gasteiger partial charge < -0.3 is 5.32 Å². The van der Waals surface area contributed by atoms with E-state index in [0.717, 1.165) is 0 Å². The smallest absolute Gasteiger partial charge is 0.151 e. The van der Waals surface area contributed by atoms with Gasteiger partial charge >= 0.3 is 0 Å². The molecule has 0 aliphatic heterocycles. The molecule has 1 aromatic carbocycles. The minimum Gasteiger partial charge on any atom is -0.313 e. The Balaban J connectivity index is 2.99. The first-order valence-corrected chi connectivity index (χ1v) is 8.45. The van der Waals surface area contributed by atoms with Crippen LogP contribution in [0.1, 0.15) is 19.4 Å². The SMILES string of the molecule is CCNC(Cc1cccc(F)c1Cl)C(C)S(C)(=O)=O. The first-order chi connectivity index (χ1) is 8.77. The van der Waals surface area contributed by atoms with E-state index >= 15 is 0 Å². The highest BCUT2D eigenvalue weighted by Gasteiger charge is 2.26. The number of hydrogen-bond acceptors (Lipinski definition) is 3. The normalized spacial score (nSPS) is 15.2. The van der Waals surface area contributed by atoms with Crippen LogP contribution in [0.15, 0.2) is 18.2 Å². The summed E-state index contributed by atoms with van der Waals surface area (Å²) in [5, 5.41) is 2.62. The lowest BCUT2D eigenvalue weighted by molar-refractivity contribution is 0.493. The summed E-state index contributed by atoms with van der Waals surface area (Å²) in [5.74, 6) is -0.485. The number of sulfone groups is 1. The van der Waals surface area contributed by atoms with Gasteiger partial charge in [-0.3, -0.25) is 0 Å². The van der Waals surface area contributed by atoms with E-state index in [9.17, 15) is 12.8 Å². The maximum absolute atomic E-state index is 13.4. The van der Waals surface area contributed by atoms with Crippen LogP contribution in [0.3, 0.4) is 0 Å². The molecule has 0 aliphatic carbocycles. The Morgan fingerprint density at radius 3 is 2.58 bits per heavy atom. The number of hydrogen-bond donors (Lipinski definition) is 1. The monoisotopic (exact) mass is 307 g/mol. The van der Waals surface area contributed by atoms with Crippen LogP contribution in [-0.4, -0.2) is 32.5 Å². The van der Waals surface area contributed by atoms with Gasteiger partial charge in [0.2, 0.25) is 0 Å². The molecule has 19 heavy (non-hydrogen) atoms. The summed E-state index contributed by atoms with van der Waals surface area (Å²) in [4.78, 5) is 0. The summed E-state index contributed by atoms with van der Waals surface area (Å²) < 4.78 is 36.7. The van der Waals surface area contributed by atoms with Crippen molar-refractivity contribution in [2.75, 3.05) is 12.8 Å². The van der Waals surface area contributed by atoms with E-state index in [1.807, 2.05) is 6.92 Å². The van der Waals surface area contributed by atoms with Crippen molar-refractivity contribution >= 4 is 21.4 Å². The highest BCUT2D eigenvalue weighted by Crippen LogP contribution is 2.22. The standard InChI is InChI=1S/C13H19ClFNO2S/c1-4-16-12(9(2)19(3,17)18)8-10-6-5-7-11(15)13(10)14/h5-7,9,12,16H,4,8H2,1-3H3. The van der Waals surface area contributed by atoms with Gasteiger partial charge in [0.1, 0.15) is 5.82 Å². The van der Waals surface area contributed by atoms with Crippen molar-refractivity contribution < 1.29 is 12.8 Å². The Kier molecular flexibility index (Phi) is 5.77. The molecule has 0 amide bonds. The third-order valence-electron chi connectivity index (χ3n) is 3.18. The van der Waals surface area contributed by atoms with Gasteiger partial charge in [-0.2, -0.15) is 0 Å². The largest absolute Gasteiger partial charge is 0.313 e. The average molecular weight is 308 g/mol. The summed E-state index contributed by atoms with van der Waals surface area (Å²) in [6.07, 6.45) is 1.58. The molecule has 0 heterocycles. The topological polar surface area (TPSA) is 46.2 Å². The molecule has 0 saturated heterocycles. The molecule has 3 nitrogen and oxygen atoms in total. The zero-order valence-electron chi connectivity index (χ0n) is 11.3. The first kappa shape index (κ1) is 16.4. The second kappa shape index (κ2) is 6.68. The predicted octanol–water partition coefficient (Wildman–Crippen LogP) is 2.43. The molecule has 0 radical (unpaired) electrons. The Bertz CT molecular complexity index is 533. The molecule has 0 aromatic heterocycles. The van der Waals surface area contributed by atoms with E-state index < -0.39 is 20.9 Å². The molecule has 0 fully saturated rings. The number of halogens is 2. The molecule has 0 bridgehead atoms. The van der Waals surface area contributed by atoms with Gasteiger partial charge in [0, 0.05) is 12.3 Å². The maximum atomic E-state index is 13.4. The Morgan fingerprint density at radius 2 is 2.05 bits per heavy atom. The van der Waals surface area contributed by atoms with Crippen LogP contribution in [-0.2, 0) is 16.3 Å². The fraction of sp³-hybridized carbons (Fsp3) is 0.538. The third-order valence-corrected chi connectivity index (χ3v) is 5.28. The van der Waals surface area contributed by atoms with Gasteiger partial charge in [-0.1, -0.05) is 30.7 Å². The van der Waals surface area contributed by atoms with Crippen LogP contribution >= 0.6 is 11.6 Å². The minimum atomic E-state index is -3.17. The zero-order chi connectivity index (χ0) is 14.6. The van der Waals surface area contributed by atoms with Crippen molar-refractivity contribution in [3.05, 3.63) is 34.6 Å². The summed E-state index contributed by atoms with van der Waals surface area (Å²) in [7, 11) is -3.17. The van der Waals surface area contributed by atoms with E-state index in [-0.39, 0.29) is 11.1 Å². The van der Waals surface area contributed by atoms with Crippen molar-refractivity contribution in [1.82, 2.24) is 5.32 Å². The van der Waals surface area contributed by atoms with Crippen LogP contribution in [0, 0.1) is 5.82 Å². The van der Waals surface area contributed by atoms with Gasteiger partial charge in [0.15, 0.2) is 9.84 Å². The van der Waals surface area contributed by atoms with Crippen LogP contribution in [0.25, 0.3) is 0 Å². The molecule has 0 saturated carbocycles. The fourth-order valence-electron chi connectivity index (χ4n) is 1.91. The highest BCUT2D eigenvalue weighted by molar-refractivity contribution is 7.91. The van der Waals surface area contributed by atoms with E-state index in [1.54, 1.807) is 19.1 Å². The number of rotatable bonds is 6. The lowest BCUT2D eigenvalue weighted by atomic mass is 10.0. The van der Waals surface area contributed by atoms with Gasteiger partial charge in [-0.05, 0) is 31.5 Å². The lowest BCUT2D eigenvalue weighted by Crippen LogP contribution is -2.43. The van der Waals surface area contributed by atoms with Crippen molar-refractivity contribution in [1.29, 1.82) is 0 Å². The van der Waals surface area contributed by atoms with E-state index in [1.165, 1.54) is 12.3 Å². The summed E-state index contributed by atoms with van der Waals surface area (Å²) in [6.45, 7) is 4.18. The second-order valence-corrected chi connectivity index (χ2v) is 7.40. The Morgan fingerprint density at radius 1 is 1.42 bits per heavy atom. The Labute approximate surface area is 119 Å². The number of likely N-dealkylation sites (N-methyl/N-ethyl adjacent to an activating group) is 1. The molecule has 0 aliphatic rings. The van der Waals surface area contributed by atoms with Crippen molar-refractivity contribution in [2.24, 2.45) is 0 Å². The van der Waals surface area contributed by atoms with Crippen LogP contribution in [0.5, 0.6) is 0 Å². The first-order valence-electron chi connectivity index (χ1n) is 6.12. The third kappa shape index (κ3) is 4.44. The minimum absolute atomic E-state index is 0.0612. The van der Waals surface area contributed by atoms with E-state index in [0.29, 0.717) is 18.5 Å². The van der Waals surface area contributed by atoms with Gasteiger partial charge in [0.05, 0.1) is 10.3 Å². The summed E-state index contributed by atoms with van der Waals surface area (Å²) in [5.41, 5.74) is 0.614. The van der Waals surface area contributed by atoms with Gasteiger partial charge in [0.25, 0.3) is 0 Å². The second-order valence-electron chi connectivity index (χ2n) is 4.62. The highest BCUT2D eigenvalue weighted by atomic mass is 35.5. The van der Waals surface area contributed by atoms with E-state index in [2.05, 4.69) is 5.32 Å². The van der Waals surface area contributed by atoms with Crippen molar-refractivity contribution in [3.63, 3.8) is 0 Å². The fourth-order valence-corrected chi connectivity index (χ4v) is 2.90. The Hall–Kier alpha value is -0.650. The number of nitrogens with one attached hydrogen (secondary N) is 1. The number of benzene rings is 1. The molecule has 2 unspecified atom stereocenters. The zero-order valence-corrected chi connectivity index (χ0v) is 12.9. The van der Waals surface area contributed by atoms with Crippen LogP contribution in [0.4, 0.5) is 4.39 Å². The predicted molar refractivity (Wildman–Crippen MR) is 76.9 cm³/mol. The van der Waals surface area contributed by atoms with Crippen LogP contribution in [0.2, 0.25) is 5.02 Å². The van der Waals surface area contributed by atoms with Crippen LogP contribution < -0.4 is 5.32 Å². The lowest BCUT2D eigenvalue weighted by Gasteiger charge is -2.24. The molecule has 6 heteroatoms. The van der Waals surface area contributed by atoms with Gasteiger partial charge in [-0.15, -0.1) is 0 Å².